The quantitative estimate of drug-likeness (QED) is 0.0490. The molecule has 2 aromatic rings. The number of carboxylic acids is 3. The minimum Gasteiger partial charge on any atom is -0.494 e. The van der Waals surface area contributed by atoms with E-state index in [1.807, 2.05) is 67.6 Å². The summed E-state index contributed by atoms with van der Waals surface area (Å²) in [7, 11) is 0. The number of aliphatic hydroxyl groups is 2. The van der Waals surface area contributed by atoms with E-state index in [1.165, 1.54) is 6.92 Å². The zero-order chi connectivity index (χ0) is 40.9. The average Bonchev–Trinajstić information content (AvgIpc) is 3.36. The van der Waals surface area contributed by atoms with Crippen LogP contribution < -0.4 is 4.74 Å². The molecule has 308 valence electrons. The minimum atomic E-state index is -3.29. The van der Waals surface area contributed by atoms with E-state index in [0.29, 0.717) is 25.0 Å². The molecule has 2 aliphatic rings. The summed E-state index contributed by atoms with van der Waals surface area (Å²) < 4.78 is 28.6. The molecule has 5 N–H and O–H groups in total. The Balaban J connectivity index is 1.37. The van der Waals surface area contributed by atoms with Gasteiger partial charge in [-0.05, 0) is 49.0 Å². The molecule has 8 atom stereocenters. The van der Waals surface area contributed by atoms with Crippen molar-refractivity contribution in [2.75, 3.05) is 13.2 Å². The van der Waals surface area contributed by atoms with E-state index < -0.39 is 78.3 Å². The zero-order valence-corrected chi connectivity index (χ0v) is 32.2. The first kappa shape index (κ1) is 44.4. The van der Waals surface area contributed by atoms with Crippen LogP contribution in [0.3, 0.4) is 0 Å². The van der Waals surface area contributed by atoms with Crippen LogP contribution in [0.4, 0.5) is 0 Å². The van der Waals surface area contributed by atoms with Gasteiger partial charge in [0.2, 0.25) is 17.3 Å². The number of esters is 1. The van der Waals surface area contributed by atoms with Crippen molar-refractivity contribution in [1.82, 2.24) is 0 Å². The van der Waals surface area contributed by atoms with Crippen molar-refractivity contribution in [3.05, 3.63) is 78.4 Å². The van der Waals surface area contributed by atoms with Crippen LogP contribution in [0.5, 0.6) is 5.75 Å². The number of ether oxygens (including phenoxy) is 5. The number of unbranched alkanes of at least 4 members (excludes halogenated alkanes) is 8. The summed E-state index contributed by atoms with van der Waals surface area (Å²) in [4.78, 5) is 51.0. The van der Waals surface area contributed by atoms with Gasteiger partial charge in [-0.3, -0.25) is 4.79 Å². The van der Waals surface area contributed by atoms with E-state index in [0.717, 1.165) is 56.3 Å². The Morgan fingerprint density at radius 1 is 0.786 bits per heavy atom. The molecule has 2 aliphatic heterocycles. The molecule has 0 aromatic heterocycles. The smallest absolute Gasteiger partial charge is 0.343 e. The van der Waals surface area contributed by atoms with Crippen LogP contribution in [0.15, 0.2) is 72.8 Å². The van der Waals surface area contributed by atoms with Gasteiger partial charge < -0.3 is 49.2 Å². The van der Waals surface area contributed by atoms with Gasteiger partial charge in [-0.2, -0.15) is 0 Å². The fourth-order valence-corrected chi connectivity index (χ4v) is 7.78. The van der Waals surface area contributed by atoms with Gasteiger partial charge >= 0.3 is 23.9 Å². The monoisotopic (exact) mass is 784 g/mol. The maximum atomic E-state index is 13.1. The second kappa shape index (κ2) is 20.2. The predicted octanol–water partition coefficient (Wildman–Crippen LogP) is 5.32. The molecule has 2 saturated heterocycles. The van der Waals surface area contributed by atoms with E-state index >= 15 is 0 Å². The molecule has 2 bridgehead atoms. The fraction of sp³-hybridized carbons (Fsp3) is 0.571. The highest BCUT2D eigenvalue weighted by Gasteiger charge is 2.85. The number of hydrogen-bond donors (Lipinski definition) is 5. The lowest BCUT2D eigenvalue weighted by atomic mass is 9.74. The van der Waals surface area contributed by atoms with Crippen LogP contribution in [0.25, 0.3) is 0 Å². The first-order valence-electron chi connectivity index (χ1n) is 19.4. The van der Waals surface area contributed by atoms with Crippen molar-refractivity contribution < 1.29 is 68.4 Å². The van der Waals surface area contributed by atoms with Crippen molar-refractivity contribution in [1.29, 1.82) is 0 Å². The van der Waals surface area contributed by atoms with Gasteiger partial charge in [-0.25, -0.2) is 14.4 Å². The lowest BCUT2D eigenvalue weighted by molar-refractivity contribution is -0.380. The topological polar surface area (TPSA) is 216 Å². The Morgan fingerprint density at radius 2 is 1.34 bits per heavy atom. The summed E-state index contributed by atoms with van der Waals surface area (Å²) in [5.74, 6) is -8.55. The molecular weight excluding hydrogens is 728 g/mol. The molecule has 0 radical (unpaired) electrons. The number of carbonyl (C=O) groups is 4. The lowest BCUT2D eigenvalue weighted by Crippen LogP contribution is -2.78. The first-order chi connectivity index (χ1) is 26.7. The zero-order valence-electron chi connectivity index (χ0n) is 32.2. The summed E-state index contributed by atoms with van der Waals surface area (Å²) in [6, 6.07) is 19.1. The van der Waals surface area contributed by atoms with Gasteiger partial charge in [-0.1, -0.05) is 107 Å². The summed E-state index contributed by atoms with van der Waals surface area (Å²) in [5, 5.41) is 54.1. The average molecular weight is 785 g/mol. The van der Waals surface area contributed by atoms with E-state index in [9.17, 15) is 44.7 Å². The first-order valence-corrected chi connectivity index (χ1v) is 19.4. The highest BCUT2D eigenvalue weighted by atomic mass is 16.8. The van der Waals surface area contributed by atoms with Crippen molar-refractivity contribution in [2.24, 2.45) is 5.92 Å². The van der Waals surface area contributed by atoms with Gasteiger partial charge in [0.1, 0.15) is 24.1 Å². The molecule has 2 fully saturated rings. The maximum absolute atomic E-state index is 13.1. The molecule has 2 heterocycles. The van der Waals surface area contributed by atoms with Crippen molar-refractivity contribution >= 4 is 23.9 Å². The SMILES string of the molecule is C=C(CC[C@@]12O[C@H](C(=O)O)[C@@](OCCCCCCCCCCCOc3ccccc3)(C(=O)O)[C@@](C(=O)O)(O1)[C@H](O)[C@H]2O)C(OC(C)=O)C(C)Cc1ccccc1. The van der Waals surface area contributed by atoms with Gasteiger partial charge in [0, 0.05) is 25.9 Å². The Kier molecular flexibility index (Phi) is 16.0. The molecule has 0 saturated carbocycles. The molecular formula is C42H56O14. The minimum absolute atomic E-state index is 0.160. The number of para-hydroxylation sites is 1. The van der Waals surface area contributed by atoms with Crippen LogP contribution in [0.1, 0.15) is 90.0 Å². The highest BCUT2D eigenvalue weighted by molar-refractivity contribution is 5.98. The summed E-state index contributed by atoms with van der Waals surface area (Å²) in [5.41, 5.74) is -5.31. The molecule has 2 aromatic carbocycles. The van der Waals surface area contributed by atoms with E-state index in [2.05, 4.69) is 6.58 Å². The Hall–Kier alpha value is -4.34. The summed E-state index contributed by atoms with van der Waals surface area (Å²) in [6.45, 7) is 7.39. The van der Waals surface area contributed by atoms with Crippen molar-refractivity contribution in [3.63, 3.8) is 0 Å². The number of carboxylic acid groups (broad SMARTS) is 3. The van der Waals surface area contributed by atoms with Crippen molar-refractivity contribution in [2.45, 2.75) is 132 Å². The third kappa shape index (κ3) is 9.96. The predicted molar refractivity (Wildman–Crippen MR) is 202 cm³/mol. The number of carbonyl (C=O) groups excluding carboxylic acids is 1. The molecule has 0 amide bonds. The van der Waals surface area contributed by atoms with E-state index in [4.69, 9.17) is 23.7 Å². The second-order valence-electron chi connectivity index (χ2n) is 14.8. The molecule has 14 heteroatoms. The summed E-state index contributed by atoms with van der Waals surface area (Å²) >= 11 is 0. The van der Waals surface area contributed by atoms with Crippen LogP contribution in [0.2, 0.25) is 0 Å². The van der Waals surface area contributed by atoms with Gasteiger partial charge in [0.15, 0.2) is 5.79 Å². The van der Waals surface area contributed by atoms with E-state index in [1.54, 1.807) is 0 Å². The number of aliphatic carboxylic acids is 3. The highest BCUT2D eigenvalue weighted by Crippen LogP contribution is 2.56. The second-order valence-corrected chi connectivity index (χ2v) is 14.8. The third-order valence-corrected chi connectivity index (χ3v) is 10.6. The van der Waals surface area contributed by atoms with Gasteiger partial charge in [0.05, 0.1) is 6.61 Å². The number of rotatable bonds is 25. The number of benzene rings is 2. The van der Waals surface area contributed by atoms with Crippen molar-refractivity contribution in [3.8, 4) is 5.75 Å². The molecule has 4 rings (SSSR count). The van der Waals surface area contributed by atoms with Crippen LogP contribution in [0, 0.1) is 5.92 Å². The summed E-state index contributed by atoms with van der Waals surface area (Å²) in [6.07, 6.45) is -0.682. The Labute approximate surface area is 327 Å². The molecule has 14 nitrogen and oxygen atoms in total. The number of hydrogen-bond acceptors (Lipinski definition) is 11. The maximum Gasteiger partial charge on any atom is 0.343 e. The normalized spacial score (nSPS) is 26.5. The fourth-order valence-electron chi connectivity index (χ4n) is 7.78. The van der Waals surface area contributed by atoms with Crippen LogP contribution in [-0.2, 0) is 44.5 Å². The Morgan fingerprint density at radius 3 is 1.88 bits per heavy atom. The number of aliphatic hydroxyl groups excluding tert-OH is 2. The molecule has 0 spiro atoms. The molecule has 0 aliphatic carbocycles. The van der Waals surface area contributed by atoms with Crippen LogP contribution in [-0.4, -0.2) is 104 Å². The third-order valence-electron chi connectivity index (χ3n) is 10.6. The van der Waals surface area contributed by atoms with Gasteiger partial charge in [0.25, 0.3) is 0 Å². The standard InChI is InChI=1S/C42H56O14/c1-28(33(54-30(3)43)29(2)27-31-19-13-11-14-20-31)23-24-40-34(44)35(45)41(56-40,38(48)49)42(39(50)51,36(55-40)37(46)47)53-26-18-10-8-6-4-5-7-9-17-25-52-32-21-15-12-16-22-32/h11-16,19-22,29,33-36,44-45H,1,4-10,17-18,23-27H2,2-3H3,(H,46,47)(H,48,49)(H,50,51)/t29?,33?,34-,35-,36-,40-,41-,42-/m1/s1. The largest absolute Gasteiger partial charge is 0.494 e. The Bertz CT molecular complexity index is 1620. The van der Waals surface area contributed by atoms with E-state index in [-0.39, 0.29) is 18.8 Å². The molecule has 56 heavy (non-hydrogen) atoms. The number of fused-ring (bicyclic) bond motifs is 2. The van der Waals surface area contributed by atoms with Crippen LogP contribution >= 0.6 is 0 Å². The molecule has 2 unspecified atom stereocenters. The lowest BCUT2D eigenvalue weighted by Gasteiger charge is -2.50. The van der Waals surface area contributed by atoms with Gasteiger partial charge in [-0.15, -0.1) is 0 Å².